The quantitative estimate of drug-likeness (QED) is 0.698. The van der Waals surface area contributed by atoms with Gasteiger partial charge in [-0.15, -0.1) is 0 Å². The van der Waals surface area contributed by atoms with Crippen molar-refractivity contribution < 1.29 is 23.5 Å². The van der Waals surface area contributed by atoms with Gasteiger partial charge in [0.25, 0.3) is 0 Å². The summed E-state index contributed by atoms with van der Waals surface area (Å²) in [4.78, 5) is 26.8. The molecule has 1 unspecified atom stereocenters. The molecule has 0 radical (unpaired) electrons. The lowest BCUT2D eigenvalue weighted by atomic mass is 9.91. The number of carbonyl (C=O) groups is 2. The summed E-state index contributed by atoms with van der Waals surface area (Å²) in [5.41, 5.74) is 0.426. The Kier molecular flexibility index (Phi) is 4.12. The van der Waals surface area contributed by atoms with Crippen molar-refractivity contribution in [3.8, 4) is 0 Å². The van der Waals surface area contributed by atoms with Crippen molar-refractivity contribution in [1.29, 1.82) is 0 Å². The number of aromatic nitrogens is 1. The minimum atomic E-state index is -1.23. The van der Waals surface area contributed by atoms with Gasteiger partial charge in [0.15, 0.2) is 5.78 Å². The molecule has 0 aliphatic heterocycles. The van der Waals surface area contributed by atoms with Gasteiger partial charge in [-0.2, -0.15) is 0 Å². The molecule has 0 saturated heterocycles. The monoisotopic (exact) mass is 329 g/mol. The molecule has 4 nitrogen and oxygen atoms in total. The van der Waals surface area contributed by atoms with Crippen molar-refractivity contribution in [3.63, 3.8) is 0 Å². The van der Waals surface area contributed by atoms with Crippen LogP contribution in [0.3, 0.4) is 0 Å². The summed E-state index contributed by atoms with van der Waals surface area (Å²) in [6.07, 6.45) is 0.976. The number of para-hydroxylation sites is 1. The molecule has 2 N–H and O–H groups in total. The summed E-state index contributed by atoms with van der Waals surface area (Å²) in [5.74, 6) is -5.31. The predicted molar refractivity (Wildman–Crippen MR) is 84.0 cm³/mol. The van der Waals surface area contributed by atoms with Crippen LogP contribution >= 0.6 is 0 Å². The van der Waals surface area contributed by atoms with Gasteiger partial charge in [-0.3, -0.25) is 9.59 Å². The summed E-state index contributed by atoms with van der Waals surface area (Å²) in [6, 6.07) is 10.1. The molecule has 0 bridgehead atoms. The molecule has 122 valence electrons. The van der Waals surface area contributed by atoms with E-state index in [0.29, 0.717) is 10.9 Å². The van der Waals surface area contributed by atoms with E-state index in [1.165, 1.54) is 6.20 Å². The van der Waals surface area contributed by atoms with E-state index in [2.05, 4.69) is 4.98 Å². The number of carboxylic acid groups (broad SMARTS) is 1. The molecule has 0 fully saturated rings. The van der Waals surface area contributed by atoms with Crippen LogP contribution in [0, 0.1) is 11.6 Å². The second-order valence-electron chi connectivity index (χ2n) is 5.40. The Morgan fingerprint density at radius 1 is 1.04 bits per heavy atom. The first-order valence-corrected chi connectivity index (χ1v) is 7.25. The zero-order valence-corrected chi connectivity index (χ0v) is 12.4. The Hall–Kier alpha value is -3.02. The van der Waals surface area contributed by atoms with Crippen LogP contribution in [-0.2, 0) is 4.79 Å². The van der Waals surface area contributed by atoms with Crippen molar-refractivity contribution >= 4 is 22.7 Å². The topological polar surface area (TPSA) is 70.2 Å². The van der Waals surface area contributed by atoms with Gasteiger partial charge in [0.2, 0.25) is 0 Å². The number of carbonyl (C=O) groups excluding carboxylic acids is 1. The van der Waals surface area contributed by atoms with Gasteiger partial charge < -0.3 is 10.1 Å². The Bertz CT molecular complexity index is 913. The smallest absolute Gasteiger partial charge is 0.311 e. The SMILES string of the molecule is O=C(CC(C(=O)O)c1c[nH]c2ccccc12)c1c(F)cccc1F. The van der Waals surface area contributed by atoms with E-state index in [9.17, 15) is 23.5 Å². The average Bonchev–Trinajstić information content (AvgIpc) is 2.96. The summed E-state index contributed by atoms with van der Waals surface area (Å²) >= 11 is 0. The number of ketones is 1. The number of benzene rings is 2. The third kappa shape index (κ3) is 2.78. The van der Waals surface area contributed by atoms with Crippen molar-refractivity contribution in [1.82, 2.24) is 4.98 Å². The van der Waals surface area contributed by atoms with E-state index in [-0.39, 0.29) is 0 Å². The molecule has 0 aliphatic carbocycles. The van der Waals surface area contributed by atoms with E-state index in [1.54, 1.807) is 24.3 Å². The zero-order chi connectivity index (χ0) is 17.3. The number of carboxylic acids is 1. The van der Waals surface area contributed by atoms with Crippen molar-refractivity contribution in [2.24, 2.45) is 0 Å². The molecular weight excluding hydrogens is 316 g/mol. The van der Waals surface area contributed by atoms with Crippen LogP contribution in [0.1, 0.15) is 28.3 Å². The van der Waals surface area contributed by atoms with Gasteiger partial charge in [-0.1, -0.05) is 24.3 Å². The number of nitrogens with one attached hydrogen (secondary N) is 1. The maximum atomic E-state index is 13.7. The second-order valence-corrected chi connectivity index (χ2v) is 5.40. The van der Waals surface area contributed by atoms with E-state index in [1.807, 2.05) is 0 Å². The number of fused-ring (bicyclic) bond motifs is 1. The van der Waals surface area contributed by atoms with Crippen molar-refractivity contribution in [2.45, 2.75) is 12.3 Å². The first-order chi connectivity index (χ1) is 11.5. The molecule has 0 spiro atoms. The largest absolute Gasteiger partial charge is 0.481 e. The van der Waals surface area contributed by atoms with Gasteiger partial charge in [0, 0.05) is 23.5 Å². The number of halogens is 2. The molecule has 0 aliphatic rings. The number of aliphatic carboxylic acids is 1. The molecule has 0 amide bonds. The Balaban J connectivity index is 1.98. The normalized spacial score (nSPS) is 12.2. The molecule has 6 heteroatoms. The highest BCUT2D eigenvalue weighted by atomic mass is 19.1. The number of rotatable bonds is 5. The molecule has 1 atom stereocenters. The molecule has 1 aromatic heterocycles. The lowest BCUT2D eigenvalue weighted by Gasteiger charge is -2.12. The van der Waals surface area contributed by atoms with Crippen molar-refractivity contribution in [3.05, 3.63) is 71.4 Å². The number of H-pyrrole nitrogens is 1. The van der Waals surface area contributed by atoms with E-state index in [0.717, 1.165) is 23.7 Å². The fourth-order valence-electron chi connectivity index (χ4n) is 2.76. The van der Waals surface area contributed by atoms with Crippen LogP contribution in [0.5, 0.6) is 0 Å². The number of hydrogen-bond acceptors (Lipinski definition) is 2. The van der Waals surface area contributed by atoms with Gasteiger partial charge >= 0.3 is 5.97 Å². The Morgan fingerprint density at radius 2 is 1.71 bits per heavy atom. The standard InChI is InChI=1S/C18H13F2NO3/c19-13-5-3-6-14(20)17(13)16(22)8-11(18(23)24)12-9-21-15-7-2-1-4-10(12)15/h1-7,9,11,21H,8H2,(H,23,24). The van der Waals surface area contributed by atoms with E-state index < -0.39 is 41.3 Å². The third-order valence-corrected chi connectivity index (χ3v) is 3.93. The summed E-state index contributed by atoms with van der Waals surface area (Å²) < 4.78 is 27.5. The van der Waals surface area contributed by atoms with E-state index >= 15 is 0 Å². The predicted octanol–water partition coefficient (Wildman–Crippen LogP) is 3.89. The molecular formula is C18H13F2NO3. The first-order valence-electron chi connectivity index (χ1n) is 7.25. The van der Waals surface area contributed by atoms with Gasteiger partial charge in [-0.25, -0.2) is 8.78 Å². The third-order valence-electron chi connectivity index (χ3n) is 3.93. The number of Topliss-reactive ketones (excluding diaryl/α,β-unsaturated/α-hetero) is 1. The fourth-order valence-corrected chi connectivity index (χ4v) is 2.76. The van der Waals surface area contributed by atoms with Crippen LogP contribution in [-0.4, -0.2) is 21.8 Å². The van der Waals surface area contributed by atoms with Gasteiger partial charge in [-0.05, 0) is 23.8 Å². The highest BCUT2D eigenvalue weighted by molar-refractivity contribution is 6.00. The average molecular weight is 329 g/mol. The summed E-state index contributed by atoms with van der Waals surface area (Å²) in [7, 11) is 0. The molecule has 3 rings (SSSR count). The first kappa shape index (κ1) is 15.9. The molecule has 2 aromatic carbocycles. The number of hydrogen-bond donors (Lipinski definition) is 2. The minimum Gasteiger partial charge on any atom is -0.481 e. The van der Waals surface area contributed by atoms with Crippen LogP contribution in [0.2, 0.25) is 0 Å². The van der Waals surface area contributed by atoms with E-state index in [4.69, 9.17) is 0 Å². The summed E-state index contributed by atoms with van der Waals surface area (Å²) in [6.45, 7) is 0. The van der Waals surface area contributed by atoms with Gasteiger partial charge in [0.1, 0.15) is 11.6 Å². The second kappa shape index (κ2) is 6.23. The lowest BCUT2D eigenvalue weighted by Crippen LogP contribution is -2.17. The lowest BCUT2D eigenvalue weighted by molar-refractivity contribution is -0.138. The Labute approximate surface area is 135 Å². The highest BCUT2D eigenvalue weighted by Crippen LogP contribution is 2.30. The molecule has 3 aromatic rings. The summed E-state index contributed by atoms with van der Waals surface area (Å²) in [5, 5.41) is 10.1. The van der Waals surface area contributed by atoms with Crippen LogP contribution in [0.4, 0.5) is 8.78 Å². The molecule has 24 heavy (non-hydrogen) atoms. The van der Waals surface area contributed by atoms with Crippen LogP contribution < -0.4 is 0 Å². The number of aromatic amines is 1. The highest BCUT2D eigenvalue weighted by Gasteiger charge is 2.28. The Morgan fingerprint density at radius 3 is 2.38 bits per heavy atom. The zero-order valence-electron chi connectivity index (χ0n) is 12.4. The van der Waals surface area contributed by atoms with Crippen molar-refractivity contribution in [2.75, 3.05) is 0 Å². The maximum Gasteiger partial charge on any atom is 0.311 e. The van der Waals surface area contributed by atoms with Gasteiger partial charge in [0.05, 0.1) is 11.5 Å². The minimum absolute atomic E-state index is 0.406. The maximum absolute atomic E-state index is 13.7. The van der Waals surface area contributed by atoms with Crippen LogP contribution in [0.25, 0.3) is 10.9 Å². The molecule has 1 heterocycles. The fraction of sp³-hybridized carbons (Fsp3) is 0.111. The van der Waals surface area contributed by atoms with Crippen LogP contribution in [0.15, 0.2) is 48.7 Å². The molecule has 0 saturated carbocycles.